The number of halogens is 3. The SMILES string of the molecule is COc1cc(C=Cc2ccc3c([N+](=O)[O-])cccc3n2)ccc1OCC(=O)Nc1cccc(C(F)(F)F)c1. The monoisotopic (exact) mass is 523 g/mol. The molecule has 0 aliphatic rings. The van der Waals surface area contributed by atoms with Crippen LogP contribution in [0.2, 0.25) is 0 Å². The van der Waals surface area contributed by atoms with E-state index in [1.165, 1.54) is 25.3 Å². The zero-order valence-electron chi connectivity index (χ0n) is 19.9. The number of rotatable bonds is 8. The molecule has 194 valence electrons. The molecule has 0 unspecified atom stereocenters. The highest BCUT2D eigenvalue weighted by Gasteiger charge is 2.30. The smallest absolute Gasteiger partial charge is 0.416 e. The number of fused-ring (bicyclic) bond motifs is 1. The van der Waals surface area contributed by atoms with Crippen LogP contribution in [0, 0.1) is 10.1 Å². The van der Waals surface area contributed by atoms with Crippen LogP contribution in [0.25, 0.3) is 23.1 Å². The summed E-state index contributed by atoms with van der Waals surface area (Å²) in [5, 5.41) is 14.0. The van der Waals surface area contributed by atoms with Crippen LogP contribution in [0.5, 0.6) is 11.5 Å². The van der Waals surface area contributed by atoms with Crippen molar-refractivity contribution in [1.29, 1.82) is 0 Å². The summed E-state index contributed by atoms with van der Waals surface area (Å²) in [6.45, 7) is -0.449. The van der Waals surface area contributed by atoms with E-state index >= 15 is 0 Å². The highest BCUT2D eigenvalue weighted by atomic mass is 19.4. The molecular weight excluding hydrogens is 503 g/mol. The maximum Gasteiger partial charge on any atom is 0.416 e. The predicted octanol–water partition coefficient (Wildman–Crippen LogP) is 6.36. The number of pyridine rings is 1. The van der Waals surface area contributed by atoms with E-state index in [-0.39, 0.29) is 17.1 Å². The average Bonchev–Trinajstić information content (AvgIpc) is 2.90. The van der Waals surface area contributed by atoms with E-state index in [0.29, 0.717) is 22.3 Å². The van der Waals surface area contributed by atoms with Crippen LogP contribution >= 0.6 is 0 Å². The molecule has 4 aromatic rings. The molecule has 1 amide bonds. The Morgan fingerprint density at radius 3 is 2.55 bits per heavy atom. The van der Waals surface area contributed by atoms with Crippen molar-refractivity contribution in [2.45, 2.75) is 6.18 Å². The first kappa shape index (κ1) is 26.1. The van der Waals surface area contributed by atoms with Crippen LogP contribution < -0.4 is 14.8 Å². The Balaban J connectivity index is 1.42. The van der Waals surface area contributed by atoms with Crippen LogP contribution in [-0.4, -0.2) is 29.5 Å². The highest BCUT2D eigenvalue weighted by molar-refractivity contribution is 5.92. The van der Waals surface area contributed by atoms with Crippen molar-refractivity contribution >= 4 is 40.3 Å². The Morgan fingerprint density at radius 1 is 1.03 bits per heavy atom. The Morgan fingerprint density at radius 2 is 1.82 bits per heavy atom. The van der Waals surface area contributed by atoms with Gasteiger partial charge in [-0.2, -0.15) is 13.2 Å². The number of benzene rings is 3. The molecule has 4 rings (SSSR count). The van der Waals surface area contributed by atoms with Gasteiger partial charge in [0.25, 0.3) is 11.6 Å². The van der Waals surface area contributed by atoms with Gasteiger partial charge in [0.2, 0.25) is 0 Å². The van der Waals surface area contributed by atoms with Crippen LogP contribution in [-0.2, 0) is 11.0 Å². The van der Waals surface area contributed by atoms with Crippen molar-refractivity contribution in [3.05, 3.63) is 99.7 Å². The number of nitro groups is 1. The first-order valence-electron chi connectivity index (χ1n) is 11.1. The number of hydrogen-bond donors (Lipinski definition) is 1. The van der Waals surface area contributed by atoms with E-state index < -0.39 is 29.2 Å². The topological polar surface area (TPSA) is 104 Å². The van der Waals surface area contributed by atoms with Crippen LogP contribution in [0.1, 0.15) is 16.8 Å². The molecule has 0 saturated heterocycles. The summed E-state index contributed by atoms with van der Waals surface area (Å²) in [7, 11) is 1.43. The number of hydrogen-bond acceptors (Lipinski definition) is 6. The van der Waals surface area contributed by atoms with Gasteiger partial charge in [-0.05, 0) is 60.2 Å². The molecule has 1 aromatic heterocycles. The number of amides is 1. The second-order valence-electron chi connectivity index (χ2n) is 8.00. The van der Waals surface area contributed by atoms with E-state index in [1.807, 2.05) is 0 Å². The van der Waals surface area contributed by atoms with E-state index in [4.69, 9.17) is 9.47 Å². The van der Waals surface area contributed by atoms with Gasteiger partial charge < -0.3 is 14.8 Å². The molecule has 0 atom stereocenters. The molecule has 1 N–H and O–H groups in total. The molecule has 0 fully saturated rings. The number of non-ortho nitro benzene ring substituents is 1. The van der Waals surface area contributed by atoms with E-state index in [1.54, 1.807) is 54.6 Å². The first-order chi connectivity index (χ1) is 18.1. The number of aromatic nitrogens is 1. The fraction of sp³-hybridized carbons (Fsp3) is 0.111. The molecule has 0 bridgehead atoms. The second-order valence-corrected chi connectivity index (χ2v) is 8.00. The molecule has 1 heterocycles. The summed E-state index contributed by atoms with van der Waals surface area (Å²) in [5.74, 6) is -0.0425. The summed E-state index contributed by atoms with van der Waals surface area (Å²) >= 11 is 0. The lowest BCUT2D eigenvalue weighted by molar-refractivity contribution is -0.383. The number of nitrogens with zero attached hydrogens (tertiary/aromatic N) is 2. The lowest BCUT2D eigenvalue weighted by Gasteiger charge is -2.12. The van der Waals surface area contributed by atoms with Crippen LogP contribution in [0.15, 0.2) is 72.8 Å². The zero-order chi connectivity index (χ0) is 27.3. The molecule has 11 heteroatoms. The second kappa shape index (κ2) is 11.0. The Labute approximate surface area is 214 Å². The van der Waals surface area contributed by atoms with Crippen molar-refractivity contribution in [2.24, 2.45) is 0 Å². The maximum absolute atomic E-state index is 12.9. The van der Waals surface area contributed by atoms with Crippen molar-refractivity contribution in [1.82, 2.24) is 4.98 Å². The van der Waals surface area contributed by atoms with E-state index in [9.17, 15) is 28.1 Å². The number of methoxy groups -OCH3 is 1. The number of nitro benzene ring substituents is 1. The standard InChI is InChI=1S/C27H20F3N3O5/c1-37-25-14-17(8-10-19-11-12-21-22(31-19)6-3-7-23(21)33(35)36)9-13-24(25)38-16-26(34)32-20-5-2-4-18(15-20)27(28,29)30/h2-15H,16H2,1H3,(H,32,34). The third-order valence-corrected chi connectivity index (χ3v) is 5.39. The number of carbonyl (C=O) groups is 1. The number of alkyl halides is 3. The van der Waals surface area contributed by atoms with Crippen molar-refractivity contribution < 1.29 is 32.4 Å². The summed E-state index contributed by atoms with van der Waals surface area (Å²) < 4.78 is 49.4. The number of ether oxygens (including phenoxy) is 2. The van der Waals surface area contributed by atoms with Crippen LogP contribution in [0.3, 0.4) is 0 Å². The summed E-state index contributed by atoms with van der Waals surface area (Å²) in [6, 6.07) is 17.3. The van der Waals surface area contributed by atoms with Gasteiger partial charge >= 0.3 is 6.18 Å². The molecule has 0 aliphatic carbocycles. The number of nitrogens with one attached hydrogen (secondary N) is 1. The third-order valence-electron chi connectivity index (χ3n) is 5.39. The molecule has 8 nitrogen and oxygen atoms in total. The van der Waals surface area contributed by atoms with Crippen molar-refractivity contribution in [3.63, 3.8) is 0 Å². The van der Waals surface area contributed by atoms with Crippen molar-refractivity contribution in [3.8, 4) is 11.5 Å². The summed E-state index contributed by atoms with van der Waals surface area (Å²) in [6.07, 6.45) is -1.03. The van der Waals surface area contributed by atoms with Crippen molar-refractivity contribution in [2.75, 3.05) is 19.0 Å². The van der Waals surface area contributed by atoms with E-state index in [2.05, 4.69) is 10.3 Å². The molecule has 0 spiro atoms. The highest BCUT2D eigenvalue weighted by Crippen LogP contribution is 2.31. The molecule has 38 heavy (non-hydrogen) atoms. The minimum Gasteiger partial charge on any atom is -0.493 e. The molecule has 0 radical (unpaired) electrons. The Hall–Kier alpha value is -4.93. The fourth-order valence-corrected chi connectivity index (χ4v) is 3.61. The molecule has 0 saturated carbocycles. The van der Waals surface area contributed by atoms with Gasteiger partial charge in [0.15, 0.2) is 18.1 Å². The number of anilines is 1. The predicted molar refractivity (Wildman–Crippen MR) is 136 cm³/mol. The third kappa shape index (κ3) is 6.25. The Bertz CT molecular complexity index is 1540. The largest absolute Gasteiger partial charge is 0.493 e. The van der Waals surface area contributed by atoms with E-state index in [0.717, 1.165) is 17.7 Å². The molecular formula is C27H20F3N3O5. The zero-order valence-corrected chi connectivity index (χ0v) is 19.9. The Kier molecular flexibility index (Phi) is 7.56. The minimum atomic E-state index is -4.52. The summed E-state index contributed by atoms with van der Waals surface area (Å²) in [5.41, 5.74) is 0.909. The molecule has 3 aromatic carbocycles. The van der Waals surface area contributed by atoms with Gasteiger partial charge in [0, 0.05) is 11.8 Å². The van der Waals surface area contributed by atoms with Gasteiger partial charge in [-0.1, -0.05) is 24.3 Å². The van der Waals surface area contributed by atoms with Gasteiger partial charge in [0.05, 0.1) is 34.2 Å². The maximum atomic E-state index is 12.9. The minimum absolute atomic E-state index is 0.00206. The molecule has 0 aliphatic heterocycles. The lowest BCUT2D eigenvalue weighted by Crippen LogP contribution is -2.20. The average molecular weight is 523 g/mol. The fourth-order valence-electron chi connectivity index (χ4n) is 3.61. The van der Waals surface area contributed by atoms with Gasteiger partial charge in [-0.25, -0.2) is 4.98 Å². The quantitative estimate of drug-likeness (QED) is 0.213. The van der Waals surface area contributed by atoms with Gasteiger partial charge in [-0.15, -0.1) is 0 Å². The summed E-state index contributed by atoms with van der Waals surface area (Å²) in [4.78, 5) is 27.4. The van der Waals surface area contributed by atoms with Gasteiger partial charge in [-0.3, -0.25) is 14.9 Å². The lowest BCUT2D eigenvalue weighted by atomic mass is 10.1. The first-order valence-corrected chi connectivity index (χ1v) is 11.1. The van der Waals surface area contributed by atoms with Crippen LogP contribution in [0.4, 0.5) is 24.5 Å². The van der Waals surface area contributed by atoms with Gasteiger partial charge in [0.1, 0.15) is 0 Å². The normalized spacial score (nSPS) is 11.5. The number of carbonyl (C=O) groups excluding carboxylic acids is 1.